The lowest BCUT2D eigenvalue weighted by molar-refractivity contribution is -0.385. The van der Waals surface area contributed by atoms with Crippen molar-refractivity contribution in [3.8, 4) is 0 Å². The Bertz CT molecular complexity index is 667. The van der Waals surface area contributed by atoms with E-state index in [-0.39, 0.29) is 11.1 Å². The molecule has 1 atom stereocenters. The molecule has 0 unspecified atom stereocenters. The van der Waals surface area contributed by atoms with Crippen LogP contribution < -0.4 is 0 Å². The van der Waals surface area contributed by atoms with Crippen LogP contribution in [0.4, 0.5) is 5.69 Å². The van der Waals surface area contributed by atoms with E-state index in [2.05, 4.69) is 0 Å². The molecule has 0 aliphatic carbocycles. The summed E-state index contributed by atoms with van der Waals surface area (Å²) in [4.78, 5) is 46.7. The Kier molecular flexibility index (Phi) is 3.46. The van der Waals surface area contributed by atoms with E-state index in [1.54, 1.807) is 13.8 Å². The van der Waals surface area contributed by atoms with E-state index in [1.165, 1.54) is 12.1 Å². The van der Waals surface area contributed by atoms with Crippen LogP contribution >= 0.6 is 0 Å². The Morgan fingerprint density at radius 3 is 2.38 bits per heavy atom. The molecule has 8 heteroatoms. The van der Waals surface area contributed by atoms with Gasteiger partial charge < -0.3 is 5.11 Å². The minimum Gasteiger partial charge on any atom is -0.480 e. The summed E-state index contributed by atoms with van der Waals surface area (Å²) in [7, 11) is 0. The molecule has 2 rings (SSSR count). The van der Waals surface area contributed by atoms with Crippen LogP contribution in [-0.2, 0) is 4.79 Å². The summed E-state index contributed by atoms with van der Waals surface area (Å²) in [5.41, 5.74) is -0.984. The van der Waals surface area contributed by atoms with Crippen molar-refractivity contribution in [3.63, 3.8) is 0 Å². The summed E-state index contributed by atoms with van der Waals surface area (Å²) in [6, 6.07) is 2.31. The average Bonchev–Trinajstić information content (AvgIpc) is 2.63. The van der Waals surface area contributed by atoms with Crippen LogP contribution in [0, 0.1) is 16.0 Å². The van der Waals surface area contributed by atoms with E-state index < -0.39 is 40.4 Å². The monoisotopic (exact) mass is 292 g/mol. The lowest BCUT2D eigenvalue weighted by Crippen LogP contribution is -2.47. The number of imide groups is 1. The molecule has 0 aromatic heterocycles. The molecule has 1 N–H and O–H groups in total. The van der Waals surface area contributed by atoms with E-state index in [4.69, 9.17) is 0 Å². The SMILES string of the molecule is CC(C)[C@H](C(=O)O)N1C(=O)c2cccc([N+](=O)[O-])c2C1=O. The molecule has 1 aromatic carbocycles. The molecule has 1 aliphatic rings. The number of nitro benzene ring substituents is 1. The zero-order valence-corrected chi connectivity index (χ0v) is 11.3. The Hall–Kier alpha value is -2.77. The number of benzene rings is 1. The number of rotatable bonds is 4. The van der Waals surface area contributed by atoms with Gasteiger partial charge in [0.2, 0.25) is 0 Å². The highest BCUT2D eigenvalue weighted by Crippen LogP contribution is 2.33. The first-order valence-electron chi connectivity index (χ1n) is 6.15. The molecule has 0 bridgehead atoms. The summed E-state index contributed by atoms with van der Waals surface area (Å²) in [5, 5.41) is 20.2. The number of carboxylic acids is 1. The summed E-state index contributed by atoms with van der Waals surface area (Å²) >= 11 is 0. The van der Waals surface area contributed by atoms with Gasteiger partial charge in [0.1, 0.15) is 11.6 Å². The van der Waals surface area contributed by atoms with Crippen LogP contribution in [0.15, 0.2) is 18.2 Å². The molecule has 1 aromatic rings. The van der Waals surface area contributed by atoms with Crippen molar-refractivity contribution in [3.05, 3.63) is 39.4 Å². The highest BCUT2D eigenvalue weighted by molar-refractivity contribution is 6.24. The number of hydrogen-bond acceptors (Lipinski definition) is 5. The van der Waals surface area contributed by atoms with Gasteiger partial charge in [-0.2, -0.15) is 0 Å². The summed E-state index contributed by atoms with van der Waals surface area (Å²) < 4.78 is 0. The largest absolute Gasteiger partial charge is 0.480 e. The first-order chi connectivity index (χ1) is 9.77. The number of aliphatic carboxylic acids is 1. The maximum atomic E-state index is 12.3. The predicted octanol–water partition coefficient (Wildman–Crippen LogP) is 1.30. The van der Waals surface area contributed by atoms with E-state index in [0.29, 0.717) is 4.90 Å². The number of amides is 2. The second kappa shape index (κ2) is 4.97. The fourth-order valence-corrected chi connectivity index (χ4v) is 2.38. The van der Waals surface area contributed by atoms with Crippen LogP contribution in [0.25, 0.3) is 0 Å². The Balaban J connectivity index is 2.60. The van der Waals surface area contributed by atoms with Gasteiger partial charge in [-0.05, 0) is 12.0 Å². The molecule has 2 amide bonds. The van der Waals surface area contributed by atoms with Gasteiger partial charge in [0.25, 0.3) is 17.5 Å². The Morgan fingerprint density at radius 2 is 1.90 bits per heavy atom. The van der Waals surface area contributed by atoms with Crippen molar-refractivity contribution in [2.45, 2.75) is 19.9 Å². The quantitative estimate of drug-likeness (QED) is 0.507. The van der Waals surface area contributed by atoms with Crippen molar-refractivity contribution >= 4 is 23.5 Å². The van der Waals surface area contributed by atoms with Crippen molar-refractivity contribution < 1.29 is 24.4 Å². The number of carbonyl (C=O) groups excluding carboxylic acids is 2. The number of hydrogen-bond donors (Lipinski definition) is 1. The maximum absolute atomic E-state index is 12.3. The van der Waals surface area contributed by atoms with Crippen LogP contribution in [0.2, 0.25) is 0 Å². The third-order valence-corrected chi connectivity index (χ3v) is 3.28. The molecule has 1 heterocycles. The fraction of sp³-hybridized carbons (Fsp3) is 0.308. The predicted molar refractivity (Wildman–Crippen MR) is 69.9 cm³/mol. The molecule has 110 valence electrons. The van der Waals surface area contributed by atoms with Crippen LogP contribution in [-0.4, -0.2) is 38.8 Å². The zero-order valence-electron chi connectivity index (χ0n) is 11.3. The second-order valence-electron chi connectivity index (χ2n) is 4.96. The molecule has 0 radical (unpaired) electrons. The molecular weight excluding hydrogens is 280 g/mol. The molecule has 0 fully saturated rings. The van der Waals surface area contributed by atoms with Crippen LogP contribution in [0.5, 0.6) is 0 Å². The standard InChI is InChI=1S/C13H12N2O6/c1-6(2)10(13(18)19)14-11(16)7-4-3-5-8(15(20)21)9(7)12(14)17/h3-6,10H,1-2H3,(H,18,19)/t10-/m1/s1. The normalized spacial score (nSPS) is 15.3. The number of nitro groups is 1. The van der Waals surface area contributed by atoms with Crippen LogP contribution in [0.3, 0.4) is 0 Å². The number of nitrogens with zero attached hydrogens (tertiary/aromatic N) is 2. The minimum atomic E-state index is -1.36. The summed E-state index contributed by atoms with van der Waals surface area (Å²) in [6.07, 6.45) is 0. The van der Waals surface area contributed by atoms with Crippen LogP contribution in [0.1, 0.15) is 34.6 Å². The van der Waals surface area contributed by atoms with Crippen molar-refractivity contribution in [1.82, 2.24) is 4.90 Å². The third kappa shape index (κ3) is 2.14. The van der Waals surface area contributed by atoms with Gasteiger partial charge in [0.05, 0.1) is 10.5 Å². The molecule has 0 saturated heterocycles. The van der Waals surface area contributed by atoms with E-state index in [9.17, 15) is 29.6 Å². The fourth-order valence-electron chi connectivity index (χ4n) is 2.38. The molecular formula is C13H12N2O6. The van der Waals surface area contributed by atoms with Crippen molar-refractivity contribution in [1.29, 1.82) is 0 Å². The Labute approximate surface area is 119 Å². The third-order valence-electron chi connectivity index (χ3n) is 3.28. The van der Waals surface area contributed by atoms with Gasteiger partial charge in [0, 0.05) is 6.07 Å². The number of fused-ring (bicyclic) bond motifs is 1. The first kappa shape index (κ1) is 14.6. The van der Waals surface area contributed by atoms with Crippen molar-refractivity contribution in [2.75, 3.05) is 0 Å². The van der Waals surface area contributed by atoms with Gasteiger partial charge in [-0.15, -0.1) is 0 Å². The molecule has 8 nitrogen and oxygen atoms in total. The van der Waals surface area contributed by atoms with Gasteiger partial charge in [-0.3, -0.25) is 24.6 Å². The summed E-state index contributed by atoms with van der Waals surface area (Å²) in [5.74, 6) is -3.62. The number of carboxylic acid groups (broad SMARTS) is 1. The number of carbonyl (C=O) groups is 3. The Morgan fingerprint density at radius 1 is 1.29 bits per heavy atom. The lowest BCUT2D eigenvalue weighted by atomic mass is 10.0. The second-order valence-corrected chi connectivity index (χ2v) is 4.96. The van der Waals surface area contributed by atoms with Gasteiger partial charge in [0.15, 0.2) is 0 Å². The van der Waals surface area contributed by atoms with E-state index in [1.807, 2.05) is 0 Å². The zero-order chi connectivity index (χ0) is 15.9. The first-order valence-corrected chi connectivity index (χ1v) is 6.15. The maximum Gasteiger partial charge on any atom is 0.327 e. The average molecular weight is 292 g/mol. The topological polar surface area (TPSA) is 118 Å². The van der Waals surface area contributed by atoms with Crippen molar-refractivity contribution in [2.24, 2.45) is 5.92 Å². The molecule has 0 saturated carbocycles. The summed E-state index contributed by atoms with van der Waals surface area (Å²) in [6.45, 7) is 3.10. The molecule has 21 heavy (non-hydrogen) atoms. The van der Waals surface area contributed by atoms with E-state index in [0.717, 1.165) is 6.07 Å². The van der Waals surface area contributed by atoms with Gasteiger partial charge in [-0.25, -0.2) is 4.79 Å². The highest BCUT2D eigenvalue weighted by Gasteiger charge is 2.47. The molecule has 0 spiro atoms. The molecule has 1 aliphatic heterocycles. The van der Waals surface area contributed by atoms with Gasteiger partial charge in [-0.1, -0.05) is 19.9 Å². The van der Waals surface area contributed by atoms with E-state index >= 15 is 0 Å². The smallest absolute Gasteiger partial charge is 0.327 e. The highest BCUT2D eigenvalue weighted by atomic mass is 16.6. The lowest BCUT2D eigenvalue weighted by Gasteiger charge is -2.25. The van der Waals surface area contributed by atoms with Gasteiger partial charge >= 0.3 is 5.97 Å². The minimum absolute atomic E-state index is 0.138.